The Morgan fingerprint density at radius 1 is 1.19 bits per heavy atom. The zero-order valence-electron chi connectivity index (χ0n) is 14.2. The molecule has 0 aromatic heterocycles. The first kappa shape index (κ1) is 19.2. The first-order valence-electron chi connectivity index (χ1n) is 7.87. The molecule has 0 aliphatic carbocycles. The summed E-state index contributed by atoms with van der Waals surface area (Å²) in [4.78, 5) is 12.1. The Bertz CT molecular complexity index is 844. The van der Waals surface area contributed by atoms with Gasteiger partial charge in [-0.1, -0.05) is 23.2 Å². The molecular formula is C18H17Cl2NO4S. The minimum atomic E-state index is -1.25. The summed E-state index contributed by atoms with van der Waals surface area (Å²) in [6.07, 6.45) is -0.479. The van der Waals surface area contributed by atoms with Crippen molar-refractivity contribution in [2.75, 3.05) is 17.7 Å². The van der Waals surface area contributed by atoms with Crippen LogP contribution < -0.4 is 10.1 Å². The van der Waals surface area contributed by atoms with Gasteiger partial charge in [0, 0.05) is 11.6 Å². The summed E-state index contributed by atoms with van der Waals surface area (Å²) in [6, 6.07) is 10.2. The molecule has 0 saturated heterocycles. The summed E-state index contributed by atoms with van der Waals surface area (Å²) in [5.74, 6) is 0.925. The van der Waals surface area contributed by atoms with E-state index in [1.54, 1.807) is 30.3 Å². The molecule has 1 aliphatic rings. The number of carbonyl (C=O) groups excluding carboxylic acids is 1. The Balaban J connectivity index is 1.63. The van der Waals surface area contributed by atoms with Crippen molar-refractivity contribution in [1.29, 1.82) is 0 Å². The molecule has 1 heterocycles. The number of amides is 1. The van der Waals surface area contributed by atoms with Crippen LogP contribution in [0, 0.1) is 0 Å². The van der Waals surface area contributed by atoms with Crippen molar-refractivity contribution in [3.8, 4) is 5.75 Å². The highest BCUT2D eigenvalue weighted by Crippen LogP contribution is 2.37. The predicted octanol–water partition coefficient (Wildman–Crippen LogP) is 4.98. The zero-order valence-corrected chi connectivity index (χ0v) is 16.5. The van der Waals surface area contributed by atoms with Gasteiger partial charge in [0.15, 0.2) is 4.90 Å². The maximum absolute atomic E-state index is 12.3. The van der Waals surface area contributed by atoms with Crippen LogP contribution in [-0.2, 0) is 21.5 Å². The Kier molecular flexibility index (Phi) is 5.58. The number of cyclic esters (lactones) is 1. The topological polar surface area (TPSA) is 70.6 Å². The molecule has 8 heteroatoms. The van der Waals surface area contributed by atoms with Gasteiger partial charge in [-0.05, 0) is 55.4 Å². The van der Waals surface area contributed by atoms with Crippen LogP contribution in [0.1, 0.15) is 19.4 Å². The van der Waals surface area contributed by atoms with Gasteiger partial charge in [0.05, 0.1) is 15.7 Å². The summed E-state index contributed by atoms with van der Waals surface area (Å²) in [6.45, 7) is 3.89. The molecule has 0 bridgehead atoms. The average molecular weight is 414 g/mol. The lowest BCUT2D eigenvalue weighted by Crippen LogP contribution is -2.34. The number of rotatable bonds is 5. The second-order valence-electron chi connectivity index (χ2n) is 6.21. The van der Waals surface area contributed by atoms with Gasteiger partial charge >= 0.3 is 6.09 Å². The van der Waals surface area contributed by atoms with E-state index in [4.69, 9.17) is 32.7 Å². The Hall–Kier alpha value is -1.60. The van der Waals surface area contributed by atoms with Gasteiger partial charge in [0.1, 0.15) is 23.7 Å². The third kappa shape index (κ3) is 4.20. The van der Waals surface area contributed by atoms with Gasteiger partial charge in [-0.2, -0.15) is 0 Å². The highest BCUT2D eigenvalue weighted by molar-refractivity contribution is 7.91. The predicted molar refractivity (Wildman–Crippen MR) is 103 cm³/mol. The van der Waals surface area contributed by atoms with E-state index >= 15 is 0 Å². The van der Waals surface area contributed by atoms with Crippen LogP contribution in [0.15, 0.2) is 41.3 Å². The molecule has 1 aliphatic heterocycles. The van der Waals surface area contributed by atoms with Crippen LogP contribution in [0.25, 0.3) is 0 Å². The van der Waals surface area contributed by atoms with Crippen molar-refractivity contribution in [3.63, 3.8) is 0 Å². The monoisotopic (exact) mass is 413 g/mol. The summed E-state index contributed by atoms with van der Waals surface area (Å²) >= 11 is 10.6. The minimum Gasteiger partial charge on any atom is -0.611 e. The third-order valence-electron chi connectivity index (χ3n) is 3.92. The largest absolute Gasteiger partial charge is 0.611 e. The normalized spacial score (nSPS) is 16.3. The maximum atomic E-state index is 12.3. The smallest absolute Gasteiger partial charge is 0.412 e. The lowest BCUT2D eigenvalue weighted by molar-refractivity contribution is 0.0418. The van der Waals surface area contributed by atoms with Gasteiger partial charge in [0.2, 0.25) is 0 Å². The fraction of sp³-hybridized carbons (Fsp3) is 0.278. The number of halogens is 2. The second-order valence-corrected chi connectivity index (χ2v) is 8.59. The van der Waals surface area contributed by atoms with Crippen molar-refractivity contribution in [3.05, 3.63) is 52.0 Å². The first-order valence-corrected chi connectivity index (χ1v) is 9.94. The molecule has 0 fully saturated rings. The maximum Gasteiger partial charge on any atom is 0.412 e. The van der Waals surface area contributed by atoms with Crippen LogP contribution >= 0.6 is 23.2 Å². The molecule has 2 aromatic rings. The van der Waals surface area contributed by atoms with E-state index in [1.165, 1.54) is 0 Å². The van der Waals surface area contributed by atoms with Gasteiger partial charge in [-0.15, -0.1) is 0 Å². The number of anilines is 1. The molecule has 1 unspecified atom stereocenters. The van der Waals surface area contributed by atoms with E-state index < -0.39 is 22.9 Å². The standard InChI is InChI=1S/C18H17Cl2NO4S/c1-18(2)13-9-11(3-6-16(13)21-17(22)25-18)24-7-8-26(23)12-4-5-14(19)15(20)10-12/h3-6,9-10H,7-8H2,1-2H3,(H,21,22). The van der Waals surface area contributed by atoms with Gasteiger partial charge in [0.25, 0.3) is 0 Å². The van der Waals surface area contributed by atoms with Crippen molar-refractivity contribution in [2.45, 2.75) is 24.3 Å². The van der Waals surface area contributed by atoms with Crippen LogP contribution in [-0.4, -0.2) is 23.0 Å². The van der Waals surface area contributed by atoms with Gasteiger partial charge in [-0.3, -0.25) is 5.32 Å². The van der Waals surface area contributed by atoms with Gasteiger partial charge in [-0.25, -0.2) is 4.79 Å². The van der Waals surface area contributed by atoms with Crippen molar-refractivity contribution in [2.24, 2.45) is 0 Å². The number of ether oxygens (including phenoxy) is 2. The van der Waals surface area contributed by atoms with Crippen LogP contribution in [0.5, 0.6) is 5.75 Å². The summed E-state index contributed by atoms with van der Waals surface area (Å²) < 4.78 is 23.3. The molecule has 1 atom stereocenters. The zero-order chi connectivity index (χ0) is 18.9. The molecule has 1 amide bonds. The highest BCUT2D eigenvalue weighted by Gasteiger charge is 2.33. The lowest BCUT2D eigenvalue weighted by atomic mass is 9.94. The average Bonchev–Trinajstić information content (AvgIpc) is 2.57. The second kappa shape index (κ2) is 7.56. The molecule has 0 saturated carbocycles. The minimum absolute atomic E-state index is 0.263. The Morgan fingerprint density at radius 3 is 2.69 bits per heavy atom. The fourth-order valence-electron chi connectivity index (χ4n) is 2.61. The number of hydrogen-bond donors (Lipinski definition) is 1. The number of carbonyl (C=O) groups is 1. The van der Waals surface area contributed by atoms with Crippen molar-refractivity contribution < 1.29 is 18.8 Å². The molecule has 0 radical (unpaired) electrons. The molecule has 0 spiro atoms. The molecule has 2 aromatic carbocycles. The summed E-state index contributed by atoms with van der Waals surface area (Å²) in [5, 5.41) is 3.46. The van der Waals surface area contributed by atoms with E-state index in [1.807, 2.05) is 19.9 Å². The van der Waals surface area contributed by atoms with E-state index in [0.29, 0.717) is 32.1 Å². The number of fused-ring (bicyclic) bond motifs is 1. The number of nitrogens with one attached hydrogen (secondary N) is 1. The number of hydrogen-bond acceptors (Lipinski definition) is 4. The quantitative estimate of drug-likeness (QED) is 0.701. The summed E-state index contributed by atoms with van der Waals surface area (Å²) in [7, 11) is 0. The van der Waals surface area contributed by atoms with E-state index in [-0.39, 0.29) is 6.61 Å². The van der Waals surface area contributed by atoms with E-state index in [2.05, 4.69) is 5.32 Å². The van der Waals surface area contributed by atoms with Crippen molar-refractivity contribution >= 4 is 46.2 Å². The lowest BCUT2D eigenvalue weighted by Gasteiger charge is -2.32. The molecule has 26 heavy (non-hydrogen) atoms. The SMILES string of the molecule is CC1(C)OC(=O)Nc2ccc(OCC[S+]([O-])c3ccc(Cl)c(Cl)c3)cc21. The van der Waals surface area contributed by atoms with Crippen molar-refractivity contribution in [1.82, 2.24) is 0 Å². The highest BCUT2D eigenvalue weighted by atomic mass is 35.5. The fourth-order valence-corrected chi connectivity index (χ4v) is 3.92. The van der Waals surface area contributed by atoms with Crippen LogP contribution in [0.3, 0.4) is 0 Å². The first-order chi connectivity index (χ1) is 12.3. The number of benzene rings is 2. The molecule has 3 rings (SSSR count). The Morgan fingerprint density at radius 2 is 1.96 bits per heavy atom. The Labute approximate surface area is 164 Å². The van der Waals surface area contributed by atoms with Crippen LogP contribution in [0.2, 0.25) is 10.0 Å². The van der Waals surface area contributed by atoms with Gasteiger partial charge < -0.3 is 14.0 Å². The molecule has 138 valence electrons. The third-order valence-corrected chi connectivity index (χ3v) is 5.97. The molecular weight excluding hydrogens is 397 g/mol. The van der Waals surface area contributed by atoms with E-state index in [9.17, 15) is 9.35 Å². The van der Waals surface area contributed by atoms with Crippen LogP contribution in [0.4, 0.5) is 10.5 Å². The molecule has 5 nitrogen and oxygen atoms in total. The molecule has 1 N–H and O–H groups in total. The summed E-state index contributed by atoms with van der Waals surface area (Å²) in [5.41, 5.74) is 0.762. The van der Waals surface area contributed by atoms with E-state index in [0.717, 1.165) is 5.56 Å².